The van der Waals surface area contributed by atoms with E-state index in [2.05, 4.69) is 55.3 Å². The normalized spacial score (nSPS) is 26.7. The Morgan fingerprint density at radius 3 is 2.13 bits per heavy atom. The van der Waals surface area contributed by atoms with Crippen LogP contribution in [0.25, 0.3) is 0 Å². The van der Waals surface area contributed by atoms with Gasteiger partial charge in [0, 0.05) is 30.9 Å². The summed E-state index contributed by atoms with van der Waals surface area (Å²) in [5.74, 6) is 0. The lowest BCUT2D eigenvalue weighted by atomic mass is 10.1. The molecule has 0 saturated carbocycles. The lowest BCUT2D eigenvalue weighted by Gasteiger charge is -2.37. The summed E-state index contributed by atoms with van der Waals surface area (Å²) < 4.78 is 0. The van der Waals surface area contributed by atoms with E-state index < -0.39 is 0 Å². The number of hydrogen-bond donors (Lipinski definition) is 1. The van der Waals surface area contributed by atoms with Crippen LogP contribution >= 0.6 is 0 Å². The highest BCUT2D eigenvalue weighted by atomic mass is 15.2. The molecular formula is C13H20N2. The lowest BCUT2D eigenvalue weighted by molar-refractivity contribution is 0.407. The molecule has 15 heavy (non-hydrogen) atoms. The van der Waals surface area contributed by atoms with Gasteiger partial charge in [-0.15, -0.1) is 0 Å². The highest BCUT2D eigenvalue weighted by Gasteiger charge is 2.20. The predicted molar refractivity (Wildman–Crippen MR) is 65.5 cm³/mol. The molecule has 1 saturated heterocycles. The number of aryl methyl sites for hydroxylation is 1. The molecule has 1 aliphatic rings. The van der Waals surface area contributed by atoms with E-state index in [0.717, 1.165) is 13.1 Å². The van der Waals surface area contributed by atoms with Gasteiger partial charge in [-0.3, -0.25) is 0 Å². The molecule has 2 atom stereocenters. The largest absolute Gasteiger partial charge is 0.368 e. The van der Waals surface area contributed by atoms with E-state index in [9.17, 15) is 0 Å². The van der Waals surface area contributed by atoms with Gasteiger partial charge in [-0.25, -0.2) is 0 Å². The Kier molecular flexibility index (Phi) is 2.96. The van der Waals surface area contributed by atoms with Crippen LogP contribution in [0.1, 0.15) is 19.4 Å². The van der Waals surface area contributed by atoms with Crippen LogP contribution in [0.2, 0.25) is 0 Å². The first-order chi connectivity index (χ1) is 7.15. The van der Waals surface area contributed by atoms with Gasteiger partial charge in [0.25, 0.3) is 0 Å². The summed E-state index contributed by atoms with van der Waals surface area (Å²) in [6.45, 7) is 8.83. The molecule has 1 N–H and O–H groups in total. The molecule has 1 aromatic rings. The SMILES string of the molecule is Cc1ccc(N2C[C@@H](C)N[C@H](C)C2)cc1. The van der Waals surface area contributed by atoms with Crippen molar-refractivity contribution in [1.82, 2.24) is 5.32 Å². The first kappa shape index (κ1) is 10.5. The van der Waals surface area contributed by atoms with Crippen molar-refractivity contribution >= 4 is 5.69 Å². The standard InChI is InChI=1S/C13H20N2/c1-10-4-6-13(7-5-10)15-8-11(2)14-12(3)9-15/h4-7,11-12,14H,8-9H2,1-3H3/t11-,12-/m1/s1. The van der Waals surface area contributed by atoms with E-state index in [-0.39, 0.29) is 0 Å². The van der Waals surface area contributed by atoms with Crippen LogP contribution in [0.15, 0.2) is 24.3 Å². The molecule has 2 heteroatoms. The fourth-order valence-electron chi connectivity index (χ4n) is 2.29. The molecule has 1 aliphatic heterocycles. The van der Waals surface area contributed by atoms with Crippen molar-refractivity contribution in [3.05, 3.63) is 29.8 Å². The van der Waals surface area contributed by atoms with Gasteiger partial charge in [-0.1, -0.05) is 17.7 Å². The smallest absolute Gasteiger partial charge is 0.0367 e. The van der Waals surface area contributed by atoms with E-state index in [1.807, 2.05) is 0 Å². The highest BCUT2D eigenvalue weighted by Crippen LogP contribution is 2.18. The van der Waals surface area contributed by atoms with Crippen LogP contribution in [0, 0.1) is 6.92 Å². The molecule has 1 fully saturated rings. The molecule has 82 valence electrons. The average molecular weight is 204 g/mol. The summed E-state index contributed by atoms with van der Waals surface area (Å²) >= 11 is 0. The molecule has 0 aromatic heterocycles. The summed E-state index contributed by atoms with van der Waals surface area (Å²) in [6.07, 6.45) is 0. The number of rotatable bonds is 1. The third kappa shape index (κ3) is 2.51. The second kappa shape index (κ2) is 4.23. The minimum absolute atomic E-state index is 0.579. The van der Waals surface area contributed by atoms with Crippen LogP contribution in [0.5, 0.6) is 0 Å². The zero-order chi connectivity index (χ0) is 10.8. The van der Waals surface area contributed by atoms with E-state index >= 15 is 0 Å². The highest BCUT2D eigenvalue weighted by molar-refractivity contribution is 5.48. The minimum Gasteiger partial charge on any atom is -0.368 e. The predicted octanol–water partition coefficient (Wildman–Crippen LogP) is 2.18. The Bertz CT molecular complexity index is 308. The summed E-state index contributed by atoms with van der Waals surface area (Å²) in [4.78, 5) is 2.46. The fourth-order valence-corrected chi connectivity index (χ4v) is 2.29. The third-order valence-electron chi connectivity index (χ3n) is 2.96. The van der Waals surface area contributed by atoms with Crippen molar-refractivity contribution in [3.8, 4) is 0 Å². The Hall–Kier alpha value is -1.02. The lowest BCUT2D eigenvalue weighted by Crippen LogP contribution is -2.54. The fraction of sp³-hybridized carbons (Fsp3) is 0.538. The Labute approximate surface area is 92.3 Å². The molecule has 0 aliphatic carbocycles. The molecular weight excluding hydrogens is 184 g/mol. The van der Waals surface area contributed by atoms with E-state index in [0.29, 0.717) is 12.1 Å². The molecule has 2 rings (SSSR count). The number of nitrogens with zero attached hydrogens (tertiary/aromatic N) is 1. The molecule has 0 unspecified atom stereocenters. The van der Waals surface area contributed by atoms with Crippen LogP contribution in [-0.2, 0) is 0 Å². The number of hydrogen-bond acceptors (Lipinski definition) is 2. The van der Waals surface area contributed by atoms with Crippen molar-refractivity contribution in [1.29, 1.82) is 0 Å². The van der Waals surface area contributed by atoms with Gasteiger partial charge in [0.15, 0.2) is 0 Å². The average Bonchev–Trinajstić information content (AvgIpc) is 2.17. The summed E-state index contributed by atoms with van der Waals surface area (Å²) in [5.41, 5.74) is 2.68. The zero-order valence-corrected chi connectivity index (χ0v) is 9.83. The second-order valence-corrected chi connectivity index (χ2v) is 4.71. The number of anilines is 1. The maximum atomic E-state index is 3.55. The maximum absolute atomic E-state index is 3.55. The van der Waals surface area contributed by atoms with Gasteiger partial charge >= 0.3 is 0 Å². The maximum Gasteiger partial charge on any atom is 0.0367 e. The van der Waals surface area contributed by atoms with Crippen LogP contribution in [-0.4, -0.2) is 25.2 Å². The topological polar surface area (TPSA) is 15.3 Å². The van der Waals surface area contributed by atoms with Gasteiger partial charge in [-0.2, -0.15) is 0 Å². The molecule has 1 aromatic carbocycles. The summed E-state index contributed by atoms with van der Waals surface area (Å²) in [6, 6.07) is 9.98. The zero-order valence-electron chi connectivity index (χ0n) is 9.83. The van der Waals surface area contributed by atoms with E-state index in [1.54, 1.807) is 0 Å². The summed E-state index contributed by atoms with van der Waals surface area (Å²) in [7, 11) is 0. The minimum atomic E-state index is 0.579. The van der Waals surface area contributed by atoms with E-state index in [4.69, 9.17) is 0 Å². The molecule has 0 radical (unpaired) electrons. The van der Waals surface area contributed by atoms with Crippen molar-refractivity contribution in [3.63, 3.8) is 0 Å². The van der Waals surface area contributed by atoms with E-state index in [1.165, 1.54) is 11.3 Å². The Morgan fingerprint density at radius 1 is 1.07 bits per heavy atom. The van der Waals surface area contributed by atoms with Gasteiger partial charge in [0.2, 0.25) is 0 Å². The number of nitrogens with one attached hydrogen (secondary N) is 1. The summed E-state index contributed by atoms with van der Waals surface area (Å²) in [5, 5.41) is 3.55. The van der Waals surface area contributed by atoms with Crippen molar-refractivity contribution in [2.75, 3.05) is 18.0 Å². The molecule has 0 bridgehead atoms. The Morgan fingerprint density at radius 2 is 1.60 bits per heavy atom. The van der Waals surface area contributed by atoms with Crippen LogP contribution < -0.4 is 10.2 Å². The van der Waals surface area contributed by atoms with Gasteiger partial charge in [0.1, 0.15) is 0 Å². The van der Waals surface area contributed by atoms with Crippen molar-refractivity contribution in [2.24, 2.45) is 0 Å². The first-order valence-corrected chi connectivity index (χ1v) is 5.73. The number of piperazine rings is 1. The van der Waals surface area contributed by atoms with Gasteiger partial charge in [-0.05, 0) is 32.9 Å². The van der Waals surface area contributed by atoms with Gasteiger partial charge in [0.05, 0.1) is 0 Å². The van der Waals surface area contributed by atoms with Crippen LogP contribution in [0.4, 0.5) is 5.69 Å². The Balaban J connectivity index is 2.12. The van der Waals surface area contributed by atoms with Gasteiger partial charge < -0.3 is 10.2 Å². The molecule has 0 amide bonds. The first-order valence-electron chi connectivity index (χ1n) is 5.73. The molecule has 1 heterocycles. The van der Waals surface area contributed by atoms with Crippen LogP contribution in [0.3, 0.4) is 0 Å². The third-order valence-corrected chi connectivity index (χ3v) is 2.96. The van der Waals surface area contributed by atoms with Crippen molar-refractivity contribution in [2.45, 2.75) is 32.9 Å². The number of benzene rings is 1. The second-order valence-electron chi connectivity index (χ2n) is 4.71. The molecule has 0 spiro atoms. The molecule has 2 nitrogen and oxygen atoms in total. The van der Waals surface area contributed by atoms with Crippen molar-refractivity contribution < 1.29 is 0 Å². The monoisotopic (exact) mass is 204 g/mol. The quantitative estimate of drug-likeness (QED) is 0.754.